The average molecular weight is 375 g/mol. The second kappa shape index (κ2) is 8.89. The molecule has 0 bridgehead atoms. The van der Waals surface area contributed by atoms with Gasteiger partial charge in [-0.15, -0.1) is 0 Å². The summed E-state index contributed by atoms with van der Waals surface area (Å²) in [5.41, 5.74) is 2.11. The largest absolute Gasteiger partial charge is 0.497 e. The van der Waals surface area contributed by atoms with Crippen LogP contribution < -0.4 is 10.3 Å². The molecular weight excluding hydrogens is 350 g/mol. The van der Waals surface area contributed by atoms with E-state index >= 15 is 0 Å². The van der Waals surface area contributed by atoms with E-state index in [1.807, 2.05) is 37.4 Å². The molecule has 2 rings (SSSR count). The van der Waals surface area contributed by atoms with Gasteiger partial charge in [-0.05, 0) is 44.2 Å². The molecule has 140 valence electrons. The number of hydrogen-bond donors (Lipinski definition) is 1. The fraction of sp³-hybridized carbons (Fsp3) is 0.421. The Balaban J connectivity index is 2.03. The summed E-state index contributed by atoms with van der Waals surface area (Å²) in [5.74, 6) is 0.770. The summed E-state index contributed by atoms with van der Waals surface area (Å²) in [6.07, 6.45) is 2.50. The van der Waals surface area contributed by atoms with E-state index in [1.54, 1.807) is 26.0 Å². The number of nitrogens with one attached hydrogen (secondary N) is 1. The van der Waals surface area contributed by atoms with E-state index in [0.29, 0.717) is 22.8 Å². The lowest BCUT2D eigenvalue weighted by atomic mass is 10.1. The summed E-state index contributed by atoms with van der Waals surface area (Å²) in [7, 11) is 3.40. The number of amides is 1. The molecule has 1 amide bonds. The Kier molecular flexibility index (Phi) is 6.85. The molecule has 1 atom stereocenters. The predicted molar refractivity (Wildman–Crippen MR) is 104 cm³/mol. The Hall–Kier alpha value is -2.28. The average Bonchev–Trinajstić information content (AvgIpc) is 2.65. The Labute approximate surface area is 158 Å². The van der Waals surface area contributed by atoms with E-state index in [4.69, 9.17) is 4.74 Å². The van der Waals surface area contributed by atoms with Crippen molar-refractivity contribution in [2.45, 2.75) is 37.9 Å². The van der Waals surface area contributed by atoms with E-state index in [9.17, 15) is 9.59 Å². The van der Waals surface area contributed by atoms with E-state index in [-0.39, 0.29) is 23.9 Å². The van der Waals surface area contributed by atoms with Gasteiger partial charge in [0, 0.05) is 24.7 Å². The van der Waals surface area contributed by atoms with Crippen LogP contribution in [0.1, 0.15) is 36.2 Å². The Morgan fingerprint density at radius 2 is 2.00 bits per heavy atom. The van der Waals surface area contributed by atoms with Gasteiger partial charge in [0.05, 0.1) is 13.2 Å². The highest BCUT2D eigenvalue weighted by Crippen LogP contribution is 2.22. The number of benzene rings is 1. The summed E-state index contributed by atoms with van der Waals surface area (Å²) >= 11 is 1.39. The van der Waals surface area contributed by atoms with Gasteiger partial charge in [-0.2, -0.15) is 0 Å². The van der Waals surface area contributed by atoms with Crippen LogP contribution >= 0.6 is 11.8 Å². The fourth-order valence-corrected chi connectivity index (χ4v) is 3.13. The lowest BCUT2D eigenvalue weighted by Crippen LogP contribution is -2.30. The first kappa shape index (κ1) is 20.0. The minimum atomic E-state index is -0.166. The normalized spacial score (nSPS) is 11.9. The van der Waals surface area contributed by atoms with Crippen molar-refractivity contribution in [3.05, 3.63) is 51.4 Å². The molecule has 0 saturated heterocycles. The van der Waals surface area contributed by atoms with Crippen molar-refractivity contribution >= 4 is 17.7 Å². The summed E-state index contributed by atoms with van der Waals surface area (Å²) in [6.45, 7) is 3.78. The van der Waals surface area contributed by atoms with Crippen molar-refractivity contribution in [2.75, 3.05) is 20.4 Å². The van der Waals surface area contributed by atoms with E-state index in [2.05, 4.69) is 9.97 Å². The molecule has 1 aromatic heterocycles. The van der Waals surface area contributed by atoms with Crippen molar-refractivity contribution < 1.29 is 9.53 Å². The SMILES string of the molecule is COc1ccc(C(C)N(C)C(=O)CCc2c(C)nc(SC)[nH]c2=O)cc1. The van der Waals surface area contributed by atoms with E-state index in [0.717, 1.165) is 11.3 Å². The van der Waals surface area contributed by atoms with Gasteiger partial charge in [-0.3, -0.25) is 9.59 Å². The van der Waals surface area contributed by atoms with Crippen LogP contribution in [0.15, 0.2) is 34.2 Å². The number of carbonyl (C=O) groups is 1. The number of rotatable bonds is 7. The number of aryl methyl sites for hydroxylation is 1. The van der Waals surface area contributed by atoms with Gasteiger partial charge in [0.2, 0.25) is 5.91 Å². The molecular formula is C19H25N3O3S. The maximum absolute atomic E-state index is 12.6. The zero-order chi connectivity index (χ0) is 19.3. The van der Waals surface area contributed by atoms with Crippen molar-refractivity contribution in [3.8, 4) is 5.75 Å². The lowest BCUT2D eigenvalue weighted by molar-refractivity contribution is -0.131. The van der Waals surface area contributed by atoms with Crippen LogP contribution in [-0.4, -0.2) is 41.2 Å². The Bertz CT molecular complexity index is 818. The van der Waals surface area contributed by atoms with Crippen molar-refractivity contribution in [3.63, 3.8) is 0 Å². The van der Waals surface area contributed by atoms with Gasteiger partial charge < -0.3 is 14.6 Å². The first-order valence-electron chi connectivity index (χ1n) is 8.40. The van der Waals surface area contributed by atoms with Crippen LogP contribution in [0, 0.1) is 6.92 Å². The molecule has 0 spiro atoms. The van der Waals surface area contributed by atoms with Crippen molar-refractivity contribution in [1.29, 1.82) is 0 Å². The highest BCUT2D eigenvalue weighted by atomic mass is 32.2. The highest BCUT2D eigenvalue weighted by molar-refractivity contribution is 7.98. The molecule has 2 aromatic rings. The second-order valence-corrected chi connectivity index (χ2v) is 6.89. The molecule has 0 saturated carbocycles. The van der Waals surface area contributed by atoms with Crippen LogP contribution in [0.3, 0.4) is 0 Å². The lowest BCUT2D eigenvalue weighted by Gasteiger charge is -2.25. The number of aromatic nitrogens is 2. The van der Waals surface area contributed by atoms with E-state index in [1.165, 1.54) is 11.8 Å². The van der Waals surface area contributed by atoms with Crippen molar-refractivity contribution in [2.24, 2.45) is 0 Å². The summed E-state index contributed by atoms with van der Waals surface area (Å²) < 4.78 is 5.16. The molecule has 1 heterocycles. The monoisotopic (exact) mass is 375 g/mol. The number of ether oxygens (including phenoxy) is 1. The number of H-pyrrole nitrogens is 1. The molecule has 1 aromatic carbocycles. The van der Waals surface area contributed by atoms with Crippen LogP contribution in [0.4, 0.5) is 0 Å². The van der Waals surface area contributed by atoms with Gasteiger partial charge in [0.15, 0.2) is 5.16 Å². The third kappa shape index (κ3) is 4.66. The molecule has 26 heavy (non-hydrogen) atoms. The number of aromatic amines is 1. The zero-order valence-corrected chi connectivity index (χ0v) is 16.6. The van der Waals surface area contributed by atoms with E-state index < -0.39 is 0 Å². The molecule has 7 heteroatoms. The van der Waals surface area contributed by atoms with Gasteiger partial charge in [-0.25, -0.2) is 4.98 Å². The molecule has 1 N–H and O–H groups in total. The molecule has 6 nitrogen and oxygen atoms in total. The van der Waals surface area contributed by atoms with Gasteiger partial charge in [0.1, 0.15) is 5.75 Å². The van der Waals surface area contributed by atoms with Gasteiger partial charge in [0.25, 0.3) is 5.56 Å². The first-order valence-corrected chi connectivity index (χ1v) is 9.63. The highest BCUT2D eigenvalue weighted by Gasteiger charge is 2.18. The molecule has 0 fully saturated rings. The predicted octanol–water partition coefficient (Wildman–Crippen LogP) is 2.96. The molecule has 1 unspecified atom stereocenters. The molecule has 0 aliphatic rings. The standard InChI is InChI=1S/C19H25N3O3S/c1-12-16(18(24)21-19(20-12)26-5)10-11-17(23)22(3)13(2)14-6-8-15(25-4)9-7-14/h6-9,13H,10-11H2,1-5H3,(H,20,21,24). The topological polar surface area (TPSA) is 75.3 Å². The summed E-state index contributed by atoms with van der Waals surface area (Å²) in [5, 5.41) is 0.591. The van der Waals surface area contributed by atoms with Crippen LogP contribution in [-0.2, 0) is 11.2 Å². The minimum absolute atomic E-state index is 0.0129. The molecule has 0 aliphatic heterocycles. The van der Waals surface area contributed by atoms with Gasteiger partial charge in [-0.1, -0.05) is 23.9 Å². The maximum Gasteiger partial charge on any atom is 0.254 e. The van der Waals surface area contributed by atoms with Crippen LogP contribution in [0.25, 0.3) is 0 Å². The van der Waals surface area contributed by atoms with Crippen LogP contribution in [0.2, 0.25) is 0 Å². The van der Waals surface area contributed by atoms with Crippen LogP contribution in [0.5, 0.6) is 5.75 Å². The van der Waals surface area contributed by atoms with Gasteiger partial charge >= 0.3 is 0 Å². The third-order valence-corrected chi connectivity index (χ3v) is 5.14. The quantitative estimate of drug-likeness (QED) is 0.595. The summed E-state index contributed by atoms with van der Waals surface area (Å²) in [6, 6.07) is 7.60. The maximum atomic E-state index is 12.6. The zero-order valence-electron chi connectivity index (χ0n) is 15.8. The number of carbonyl (C=O) groups excluding carboxylic acids is 1. The number of methoxy groups -OCH3 is 1. The Morgan fingerprint density at radius 3 is 2.54 bits per heavy atom. The van der Waals surface area contributed by atoms with Crippen molar-refractivity contribution in [1.82, 2.24) is 14.9 Å². The molecule has 0 radical (unpaired) electrons. The summed E-state index contributed by atoms with van der Waals surface area (Å²) in [4.78, 5) is 33.5. The Morgan fingerprint density at radius 1 is 1.35 bits per heavy atom. The first-order chi connectivity index (χ1) is 12.4. The second-order valence-electron chi connectivity index (χ2n) is 6.09. The minimum Gasteiger partial charge on any atom is -0.497 e. The number of nitrogens with zero attached hydrogens (tertiary/aromatic N) is 2. The fourth-order valence-electron chi connectivity index (χ4n) is 2.71. The number of hydrogen-bond acceptors (Lipinski definition) is 5. The smallest absolute Gasteiger partial charge is 0.254 e. The number of thioether (sulfide) groups is 1. The third-order valence-electron chi connectivity index (χ3n) is 4.56. The molecule has 0 aliphatic carbocycles.